The molecule has 0 aliphatic heterocycles. The van der Waals surface area contributed by atoms with Crippen LogP contribution < -0.4 is 5.32 Å². The molecule has 0 aliphatic carbocycles. The van der Waals surface area contributed by atoms with Crippen LogP contribution in [0.4, 0.5) is 0 Å². The molecule has 92 valence electrons. The van der Waals surface area contributed by atoms with Crippen molar-refractivity contribution >= 4 is 35.1 Å². The second-order valence-corrected chi connectivity index (χ2v) is 4.11. The van der Waals surface area contributed by atoms with Crippen LogP contribution in [0.2, 0.25) is 10.0 Å². The molecule has 1 N–H and O–H groups in total. The van der Waals surface area contributed by atoms with Crippen LogP contribution >= 0.6 is 23.2 Å². The van der Waals surface area contributed by atoms with Crippen LogP contribution in [0.25, 0.3) is 0 Å². The minimum Gasteiger partial charge on any atom is -0.468 e. The predicted molar refractivity (Wildman–Crippen MR) is 65.2 cm³/mol. The summed E-state index contributed by atoms with van der Waals surface area (Å²) in [5, 5.41) is 3.35. The molecule has 4 nitrogen and oxygen atoms in total. The fourth-order valence-corrected chi connectivity index (χ4v) is 1.62. The number of nitrogens with one attached hydrogen (secondary N) is 1. The first-order valence-corrected chi connectivity index (χ1v) is 5.56. The molecule has 1 aromatic carbocycles. The lowest BCUT2D eigenvalue weighted by atomic mass is 10.1. The van der Waals surface area contributed by atoms with Gasteiger partial charge in [0, 0.05) is 10.0 Å². The van der Waals surface area contributed by atoms with Gasteiger partial charge in [0.1, 0.15) is 6.54 Å². The first kappa shape index (κ1) is 13.8. The summed E-state index contributed by atoms with van der Waals surface area (Å²) in [6.45, 7) is -0.152. The number of ether oxygens (including phenoxy) is 1. The van der Waals surface area contributed by atoms with E-state index in [2.05, 4.69) is 10.1 Å². The van der Waals surface area contributed by atoms with E-state index in [1.807, 2.05) is 0 Å². The molecule has 0 bridgehead atoms. The first-order valence-electron chi connectivity index (χ1n) is 4.80. The minimum atomic E-state index is -0.499. The van der Waals surface area contributed by atoms with Crippen molar-refractivity contribution in [2.45, 2.75) is 6.42 Å². The molecular formula is C11H11Cl2NO3. The molecule has 0 saturated heterocycles. The van der Waals surface area contributed by atoms with Gasteiger partial charge in [0.2, 0.25) is 5.91 Å². The first-order chi connectivity index (χ1) is 8.02. The Kier molecular flexibility index (Phi) is 5.25. The zero-order valence-corrected chi connectivity index (χ0v) is 10.6. The summed E-state index contributed by atoms with van der Waals surface area (Å²) < 4.78 is 4.39. The Hall–Kier alpha value is -1.26. The quantitative estimate of drug-likeness (QED) is 0.853. The molecule has 17 heavy (non-hydrogen) atoms. The normalized spacial score (nSPS) is 9.82. The third-order valence-electron chi connectivity index (χ3n) is 2.02. The largest absolute Gasteiger partial charge is 0.468 e. The van der Waals surface area contributed by atoms with Crippen molar-refractivity contribution in [2.75, 3.05) is 13.7 Å². The maximum Gasteiger partial charge on any atom is 0.325 e. The van der Waals surface area contributed by atoms with Gasteiger partial charge >= 0.3 is 5.97 Å². The lowest BCUT2D eigenvalue weighted by molar-refractivity contribution is -0.141. The second-order valence-electron chi connectivity index (χ2n) is 3.27. The Morgan fingerprint density at radius 3 is 2.65 bits per heavy atom. The average Bonchev–Trinajstić information content (AvgIpc) is 2.29. The molecule has 1 amide bonds. The van der Waals surface area contributed by atoms with Crippen LogP contribution in [0.3, 0.4) is 0 Å². The van der Waals surface area contributed by atoms with Crippen molar-refractivity contribution in [1.29, 1.82) is 0 Å². The molecule has 6 heteroatoms. The third-order valence-corrected chi connectivity index (χ3v) is 2.61. The third kappa shape index (κ3) is 4.63. The van der Waals surface area contributed by atoms with Crippen molar-refractivity contribution in [3.8, 4) is 0 Å². The summed E-state index contributed by atoms with van der Waals surface area (Å²) in [5.74, 6) is -0.805. The number of methoxy groups -OCH3 is 1. The lowest BCUT2D eigenvalue weighted by Gasteiger charge is -2.05. The van der Waals surface area contributed by atoms with E-state index >= 15 is 0 Å². The van der Waals surface area contributed by atoms with Gasteiger partial charge in [0.05, 0.1) is 13.5 Å². The molecule has 0 fully saturated rings. The minimum absolute atomic E-state index is 0.0903. The Morgan fingerprint density at radius 2 is 2.06 bits per heavy atom. The van der Waals surface area contributed by atoms with Crippen LogP contribution in [0, 0.1) is 0 Å². The van der Waals surface area contributed by atoms with Gasteiger partial charge in [-0.3, -0.25) is 9.59 Å². The van der Waals surface area contributed by atoms with Crippen molar-refractivity contribution in [1.82, 2.24) is 5.32 Å². The molecular weight excluding hydrogens is 265 g/mol. The summed E-state index contributed by atoms with van der Waals surface area (Å²) >= 11 is 11.6. The van der Waals surface area contributed by atoms with Gasteiger partial charge in [-0.15, -0.1) is 0 Å². The van der Waals surface area contributed by atoms with Gasteiger partial charge in [-0.1, -0.05) is 29.3 Å². The van der Waals surface area contributed by atoms with Gasteiger partial charge in [-0.25, -0.2) is 0 Å². The fraction of sp³-hybridized carbons (Fsp3) is 0.273. The number of halogens is 2. The molecule has 0 radical (unpaired) electrons. The smallest absolute Gasteiger partial charge is 0.325 e. The highest BCUT2D eigenvalue weighted by atomic mass is 35.5. The summed E-state index contributed by atoms with van der Waals surface area (Å²) in [6.07, 6.45) is 0.0903. The van der Waals surface area contributed by atoms with E-state index in [4.69, 9.17) is 23.2 Å². The van der Waals surface area contributed by atoms with Crippen LogP contribution in [0.15, 0.2) is 18.2 Å². The van der Waals surface area contributed by atoms with Gasteiger partial charge in [0.15, 0.2) is 0 Å². The van der Waals surface area contributed by atoms with Crippen LogP contribution in [-0.2, 0) is 20.7 Å². The number of hydrogen-bond donors (Lipinski definition) is 1. The Morgan fingerprint density at radius 1 is 1.35 bits per heavy atom. The maximum atomic E-state index is 11.5. The molecule has 1 aromatic rings. The highest BCUT2D eigenvalue weighted by Crippen LogP contribution is 2.21. The van der Waals surface area contributed by atoms with Gasteiger partial charge in [-0.05, 0) is 17.7 Å². The van der Waals surface area contributed by atoms with Crippen molar-refractivity contribution in [3.05, 3.63) is 33.8 Å². The van der Waals surface area contributed by atoms with E-state index < -0.39 is 5.97 Å². The Labute approximate surface area is 109 Å². The number of hydrogen-bond acceptors (Lipinski definition) is 3. The number of esters is 1. The highest BCUT2D eigenvalue weighted by molar-refractivity contribution is 6.35. The van der Waals surface area contributed by atoms with Gasteiger partial charge < -0.3 is 10.1 Å². The molecule has 0 aromatic heterocycles. The van der Waals surface area contributed by atoms with E-state index in [1.54, 1.807) is 18.2 Å². The van der Waals surface area contributed by atoms with Crippen molar-refractivity contribution in [3.63, 3.8) is 0 Å². The van der Waals surface area contributed by atoms with Crippen molar-refractivity contribution in [2.24, 2.45) is 0 Å². The monoisotopic (exact) mass is 275 g/mol. The molecule has 0 heterocycles. The molecule has 0 aliphatic rings. The summed E-state index contributed by atoms with van der Waals surface area (Å²) in [4.78, 5) is 22.3. The lowest BCUT2D eigenvalue weighted by Crippen LogP contribution is -2.31. The van der Waals surface area contributed by atoms with Crippen LogP contribution in [0.1, 0.15) is 5.56 Å². The van der Waals surface area contributed by atoms with Gasteiger partial charge in [0.25, 0.3) is 0 Å². The standard InChI is InChI=1S/C11H11Cl2NO3/c1-17-11(16)6-14-10(15)4-7-2-3-8(12)5-9(7)13/h2-3,5H,4,6H2,1H3,(H,14,15). The topological polar surface area (TPSA) is 55.4 Å². The number of benzene rings is 1. The average molecular weight is 276 g/mol. The van der Waals surface area contributed by atoms with Crippen LogP contribution in [0.5, 0.6) is 0 Å². The molecule has 0 spiro atoms. The SMILES string of the molecule is COC(=O)CNC(=O)Cc1ccc(Cl)cc1Cl. The number of carbonyl (C=O) groups excluding carboxylic acids is 2. The summed E-state index contributed by atoms with van der Waals surface area (Å²) in [5.41, 5.74) is 0.651. The summed E-state index contributed by atoms with van der Waals surface area (Å²) in [7, 11) is 1.25. The van der Waals surface area contributed by atoms with E-state index in [0.29, 0.717) is 15.6 Å². The van der Waals surface area contributed by atoms with E-state index in [-0.39, 0.29) is 18.9 Å². The van der Waals surface area contributed by atoms with E-state index in [9.17, 15) is 9.59 Å². The van der Waals surface area contributed by atoms with Gasteiger partial charge in [-0.2, -0.15) is 0 Å². The van der Waals surface area contributed by atoms with E-state index in [1.165, 1.54) is 7.11 Å². The number of rotatable bonds is 4. The maximum absolute atomic E-state index is 11.5. The zero-order valence-electron chi connectivity index (χ0n) is 9.13. The Balaban J connectivity index is 2.53. The number of amides is 1. The zero-order chi connectivity index (χ0) is 12.8. The van der Waals surface area contributed by atoms with Crippen molar-refractivity contribution < 1.29 is 14.3 Å². The number of carbonyl (C=O) groups is 2. The molecule has 0 unspecified atom stereocenters. The Bertz CT molecular complexity index is 435. The fourth-order valence-electron chi connectivity index (χ4n) is 1.14. The van der Waals surface area contributed by atoms with E-state index in [0.717, 1.165) is 0 Å². The second kappa shape index (κ2) is 6.47. The highest BCUT2D eigenvalue weighted by Gasteiger charge is 2.09. The molecule has 0 atom stereocenters. The molecule has 1 rings (SSSR count). The molecule has 0 saturated carbocycles. The van der Waals surface area contributed by atoms with Crippen LogP contribution in [-0.4, -0.2) is 25.5 Å². The predicted octanol–water partition coefficient (Wildman–Crippen LogP) is 1.83. The summed E-state index contributed by atoms with van der Waals surface area (Å²) in [6, 6.07) is 4.88.